The second kappa shape index (κ2) is 7.46. The summed E-state index contributed by atoms with van der Waals surface area (Å²) in [5.74, 6) is -0.372. The number of thiocarbonyl (C=S) groups is 1. The number of hydrazone groups is 1. The van der Waals surface area contributed by atoms with Crippen LogP contribution in [0.5, 0.6) is 5.75 Å². The van der Waals surface area contributed by atoms with Gasteiger partial charge in [-0.2, -0.15) is 10.1 Å². The lowest BCUT2D eigenvalue weighted by molar-refractivity contribution is -0.384. The number of nitro groups is 1. The maximum Gasteiger partial charge on any atom is 0.286 e. The number of amides is 1. The smallest absolute Gasteiger partial charge is 0.286 e. The molecule has 0 spiro atoms. The molecule has 3 rings (SSSR count). The maximum atomic E-state index is 12.5. The molecule has 2 aromatic rings. The third kappa shape index (κ3) is 3.79. The van der Waals surface area contributed by atoms with Crippen LogP contribution in [0, 0.1) is 10.1 Å². The zero-order chi connectivity index (χ0) is 18.7. The Morgan fingerprint density at radius 2 is 2.00 bits per heavy atom. The van der Waals surface area contributed by atoms with E-state index in [1.54, 1.807) is 24.3 Å². The van der Waals surface area contributed by atoms with E-state index in [0.717, 1.165) is 16.8 Å². The van der Waals surface area contributed by atoms with Gasteiger partial charge in [0.2, 0.25) is 0 Å². The van der Waals surface area contributed by atoms with Gasteiger partial charge in [0.15, 0.2) is 4.32 Å². The lowest BCUT2D eigenvalue weighted by atomic mass is 10.2. The number of carbonyl (C=O) groups is 1. The molecular formula is C17H11N3O4S2. The van der Waals surface area contributed by atoms with Crippen molar-refractivity contribution >= 4 is 52.2 Å². The highest BCUT2D eigenvalue weighted by Crippen LogP contribution is 2.34. The highest BCUT2D eigenvalue weighted by Gasteiger charge is 2.32. The van der Waals surface area contributed by atoms with Gasteiger partial charge in [0.1, 0.15) is 5.75 Å². The van der Waals surface area contributed by atoms with Gasteiger partial charge in [0.25, 0.3) is 11.6 Å². The third-order valence-corrected chi connectivity index (χ3v) is 4.68. The average molecular weight is 385 g/mol. The van der Waals surface area contributed by atoms with Crippen LogP contribution in [0.15, 0.2) is 58.5 Å². The number of nitro benzene ring substituents is 1. The molecule has 1 aliphatic rings. The first-order valence-corrected chi connectivity index (χ1v) is 8.52. The molecule has 7 nitrogen and oxygen atoms in total. The van der Waals surface area contributed by atoms with Crippen molar-refractivity contribution in [2.45, 2.75) is 0 Å². The van der Waals surface area contributed by atoms with E-state index in [9.17, 15) is 20.0 Å². The van der Waals surface area contributed by atoms with Gasteiger partial charge in [0, 0.05) is 23.3 Å². The molecule has 0 unspecified atom stereocenters. The Kier molecular flexibility index (Phi) is 5.10. The monoisotopic (exact) mass is 385 g/mol. The molecule has 1 heterocycles. The van der Waals surface area contributed by atoms with Crippen molar-refractivity contribution in [2.24, 2.45) is 5.10 Å². The predicted molar refractivity (Wildman–Crippen MR) is 104 cm³/mol. The minimum Gasteiger partial charge on any atom is -0.507 e. The van der Waals surface area contributed by atoms with E-state index in [1.807, 2.05) is 0 Å². The first-order valence-electron chi connectivity index (χ1n) is 7.30. The zero-order valence-corrected chi connectivity index (χ0v) is 14.7. The first-order chi connectivity index (χ1) is 12.5. The Bertz CT molecular complexity index is 972. The third-order valence-electron chi connectivity index (χ3n) is 3.40. The number of non-ortho nitro benzene ring substituents is 1. The average Bonchev–Trinajstić information content (AvgIpc) is 2.89. The summed E-state index contributed by atoms with van der Waals surface area (Å²) in [5.41, 5.74) is 0.896. The normalized spacial score (nSPS) is 16.0. The molecule has 1 fully saturated rings. The van der Waals surface area contributed by atoms with Crippen LogP contribution in [-0.4, -0.2) is 31.5 Å². The number of rotatable bonds is 4. The summed E-state index contributed by atoms with van der Waals surface area (Å²) in [5, 5.41) is 25.7. The van der Waals surface area contributed by atoms with Crippen molar-refractivity contribution < 1.29 is 14.8 Å². The molecule has 2 aromatic carbocycles. The molecule has 0 aromatic heterocycles. The number of aromatic hydroxyl groups is 1. The molecule has 130 valence electrons. The van der Waals surface area contributed by atoms with Gasteiger partial charge in [-0.1, -0.05) is 42.1 Å². The Labute approximate surface area is 157 Å². The van der Waals surface area contributed by atoms with Crippen molar-refractivity contribution in [1.29, 1.82) is 0 Å². The Morgan fingerprint density at radius 3 is 2.73 bits per heavy atom. The topological polar surface area (TPSA) is 96.0 Å². The molecule has 0 bridgehead atoms. The lowest BCUT2D eigenvalue weighted by Gasteiger charge is -2.06. The van der Waals surface area contributed by atoms with Crippen LogP contribution < -0.4 is 0 Å². The fourth-order valence-electron chi connectivity index (χ4n) is 2.15. The van der Waals surface area contributed by atoms with Crippen molar-refractivity contribution in [1.82, 2.24) is 5.01 Å². The summed E-state index contributed by atoms with van der Waals surface area (Å²) in [4.78, 5) is 23.1. The SMILES string of the molecule is O=C1/C(=C\c2ccccc2O)SC(=S)N1/N=C/c1cccc([N+](=O)[O-])c1. The summed E-state index contributed by atoms with van der Waals surface area (Å²) >= 11 is 6.23. The van der Waals surface area contributed by atoms with Gasteiger partial charge in [-0.15, -0.1) is 0 Å². The molecule has 0 aliphatic carbocycles. The molecule has 1 N–H and O–H groups in total. The number of phenols is 1. The quantitative estimate of drug-likeness (QED) is 0.284. The van der Waals surface area contributed by atoms with Gasteiger partial charge in [0.05, 0.1) is 16.0 Å². The minimum absolute atomic E-state index is 0.0536. The van der Waals surface area contributed by atoms with E-state index in [-0.39, 0.29) is 15.8 Å². The van der Waals surface area contributed by atoms with E-state index in [0.29, 0.717) is 16.0 Å². The van der Waals surface area contributed by atoms with Crippen LogP contribution in [0.2, 0.25) is 0 Å². The van der Waals surface area contributed by atoms with E-state index in [4.69, 9.17) is 12.2 Å². The summed E-state index contributed by atoms with van der Waals surface area (Å²) < 4.78 is 0.235. The van der Waals surface area contributed by atoms with Gasteiger partial charge in [-0.05, 0) is 24.4 Å². The molecule has 26 heavy (non-hydrogen) atoms. The summed E-state index contributed by atoms with van der Waals surface area (Å²) in [7, 11) is 0. The van der Waals surface area contributed by atoms with Crippen molar-refractivity contribution in [3.05, 3.63) is 74.7 Å². The van der Waals surface area contributed by atoms with E-state index < -0.39 is 10.8 Å². The zero-order valence-electron chi connectivity index (χ0n) is 13.1. The molecule has 0 saturated carbocycles. The number of carbonyl (C=O) groups excluding carboxylic acids is 1. The highest BCUT2D eigenvalue weighted by molar-refractivity contribution is 8.26. The molecular weight excluding hydrogens is 374 g/mol. The molecule has 1 amide bonds. The van der Waals surface area contributed by atoms with Crippen LogP contribution >= 0.6 is 24.0 Å². The van der Waals surface area contributed by atoms with Crippen molar-refractivity contribution in [3.63, 3.8) is 0 Å². The number of nitrogens with zero attached hydrogens (tertiary/aromatic N) is 3. The van der Waals surface area contributed by atoms with Crippen LogP contribution in [0.1, 0.15) is 11.1 Å². The fourth-order valence-corrected chi connectivity index (χ4v) is 3.32. The van der Waals surface area contributed by atoms with E-state index in [2.05, 4.69) is 5.10 Å². The van der Waals surface area contributed by atoms with Gasteiger partial charge in [-0.3, -0.25) is 14.9 Å². The second-order valence-electron chi connectivity index (χ2n) is 5.15. The van der Waals surface area contributed by atoms with Crippen LogP contribution in [0.4, 0.5) is 5.69 Å². The van der Waals surface area contributed by atoms with Gasteiger partial charge in [-0.25, -0.2) is 0 Å². The molecule has 0 radical (unpaired) electrons. The molecule has 9 heteroatoms. The summed E-state index contributed by atoms with van der Waals surface area (Å²) in [6.45, 7) is 0. The summed E-state index contributed by atoms with van der Waals surface area (Å²) in [6, 6.07) is 12.5. The van der Waals surface area contributed by atoms with Crippen molar-refractivity contribution in [2.75, 3.05) is 0 Å². The number of thioether (sulfide) groups is 1. The standard InChI is InChI=1S/C17H11N3O4S2/c21-14-7-2-1-5-12(14)9-15-16(22)19(17(25)26-15)18-10-11-4-3-6-13(8-11)20(23)24/h1-10,21H/b15-9+,18-10+. The Balaban J connectivity index is 1.83. The predicted octanol–water partition coefficient (Wildman–Crippen LogP) is 3.54. The number of hydrogen-bond donors (Lipinski definition) is 1. The van der Waals surface area contributed by atoms with Gasteiger partial charge >= 0.3 is 0 Å². The number of para-hydroxylation sites is 1. The van der Waals surface area contributed by atoms with Crippen molar-refractivity contribution in [3.8, 4) is 5.75 Å². The minimum atomic E-state index is -0.508. The maximum absolute atomic E-state index is 12.5. The number of benzene rings is 2. The van der Waals surface area contributed by atoms with E-state index >= 15 is 0 Å². The lowest BCUT2D eigenvalue weighted by Crippen LogP contribution is -2.22. The fraction of sp³-hybridized carbons (Fsp3) is 0. The largest absolute Gasteiger partial charge is 0.507 e. The van der Waals surface area contributed by atoms with E-state index in [1.165, 1.54) is 36.6 Å². The number of hydrogen-bond acceptors (Lipinski definition) is 7. The van der Waals surface area contributed by atoms with Gasteiger partial charge < -0.3 is 5.11 Å². The number of phenolic OH excluding ortho intramolecular Hbond substituents is 1. The molecule has 0 atom stereocenters. The highest BCUT2D eigenvalue weighted by atomic mass is 32.2. The molecule has 1 aliphatic heterocycles. The van der Waals surface area contributed by atoms with Crippen LogP contribution in [0.25, 0.3) is 6.08 Å². The Morgan fingerprint density at radius 1 is 1.23 bits per heavy atom. The first kappa shape index (κ1) is 17.8. The summed E-state index contributed by atoms with van der Waals surface area (Å²) in [6.07, 6.45) is 2.87. The Hall–Kier alpha value is -3.04. The van der Waals surface area contributed by atoms with Crippen LogP contribution in [-0.2, 0) is 4.79 Å². The second-order valence-corrected chi connectivity index (χ2v) is 6.82. The molecule has 1 saturated heterocycles. The van der Waals surface area contributed by atoms with Crippen LogP contribution in [0.3, 0.4) is 0 Å².